The van der Waals surface area contributed by atoms with Crippen molar-refractivity contribution in [2.24, 2.45) is 4.99 Å². The first-order valence-corrected chi connectivity index (χ1v) is 12.0. The highest BCUT2D eigenvalue weighted by atomic mass is 19.1. The Hall–Kier alpha value is -3.75. The third kappa shape index (κ3) is 6.68. The van der Waals surface area contributed by atoms with Gasteiger partial charge in [0.1, 0.15) is 18.2 Å². The molecule has 1 aliphatic heterocycles. The monoisotopic (exact) mass is 491 g/mol. The summed E-state index contributed by atoms with van der Waals surface area (Å²) >= 11 is 0. The van der Waals surface area contributed by atoms with Crippen LogP contribution in [-0.4, -0.2) is 48.8 Å². The lowest BCUT2D eigenvalue weighted by Gasteiger charge is -2.23. The largest absolute Gasteiger partial charge is 0.494 e. The molecule has 3 aromatic rings. The van der Waals surface area contributed by atoms with Gasteiger partial charge in [-0.3, -0.25) is 10.2 Å². The molecular weight excluding hydrogens is 461 g/mol. The van der Waals surface area contributed by atoms with Crippen LogP contribution in [0.1, 0.15) is 23.1 Å². The molecule has 7 nitrogen and oxygen atoms in total. The van der Waals surface area contributed by atoms with E-state index in [-0.39, 0.29) is 24.9 Å². The van der Waals surface area contributed by atoms with Crippen molar-refractivity contribution in [3.8, 4) is 5.75 Å². The summed E-state index contributed by atoms with van der Waals surface area (Å²) in [4.78, 5) is 18.1. The van der Waals surface area contributed by atoms with E-state index in [1.54, 1.807) is 12.1 Å². The number of hydrazine groups is 1. The summed E-state index contributed by atoms with van der Waals surface area (Å²) in [6, 6.07) is 23.3. The first-order chi connectivity index (χ1) is 17.6. The molecule has 36 heavy (non-hydrogen) atoms. The second-order valence-electron chi connectivity index (χ2n) is 8.61. The minimum atomic E-state index is -1.13. The molecular formula is C28H30FN3O4. The summed E-state index contributed by atoms with van der Waals surface area (Å²) in [7, 11) is 0. The lowest BCUT2D eigenvalue weighted by Crippen LogP contribution is -2.53. The Morgan fingerprint density at radius 3 is 2.50 bits per heavy atom. The molecule has 1 atom stereocenters. The van der Waals surface area contributed by atoms with E-state index in [1.165, 1.54) is 12.1 Å². The third-order valence-electron chi connectivity index (χ3n) is 5.85. The molecule has 0 saturated heterocycles. The van der Waals surface area contributed by atoms with Crippen LogP contribution in [-0.2, 0) is 22.4 Å². The van der Waals surface area contributed by atoms with Crippen LogP contribution >= 0.6 is 0 Å². The van der Waals surface area contributed by atoms with Gasteiger partial charge in [0.15, 0.2) is 5.54 Å². The normalized spacial score (nSPS) is 16.8. The highest BCUT2D eigenvalue weighted by Gasteiger charge is 2.44. The van der Waals surface area contributed by atoms with Crippen molar-refractivity contribution in [3.05, 3.63) is 101 Å². The second-order valence-corrected chi connectivity index (χ2v) is 8.61. The smallest absolute Gasteiger partial charge is 0.266 e. The molecule has 0 bridgehead atoms. The van der Waals surface area contributed by atoms with Gasteiger partial charge < -0.3 is 14.6 Å². The number of amides is 1. The van der Waals surface area contributed by atoms with Crippen LogP contribution in [0.15, 0.2) is 83.9 Å². The molecule has 0 spiro atoms. The lowest BCUT2D eigenvalue weighted by molar-refractivity contribution is -0.127. The first kappa shape index (κ1) is 25.3. The first-order valence-electron chi connectivity index (χ1n) is 12.0. The Labute approximate surface area is 210 Å². The van der Waals surface area contributed by atoms with E-state index in [2.05, 4.69) is 10.9 Å². The number of aliphatic hydroxyl groups is 1. The third-order valence-corrected chi connectivity index (χ3v) is 5.85. The quantitative estimate of drug-likeness (QED) is 0.267. The summed E-state index contributed by atoms with van der Waals surface area (Å²) in [5, 5.41) is 8.90. The van der Waals surface area contributed by atoms with Crippen molar-refractivity contribution in [3.63, 3.8) is 0 Å². The van der Waals surface area contributed by atoms with Crippen LogP contribution in [0.2, 0.25) is 0 Å². The molecule has 4 rings (SSSR count). The summed E-state index contributed by atoms with van der Waals surface area (Å²) in [6.45, 7) is 1.10. The van der Waals surface area contributed by atoms with E-state index in [0.29, 0.717) is 44.1 Å². The van der Waals surface area contributed by atoms with Gasteiger partial charge in [-0.2, -0.15) is 0 Å². The molecule has 0 aromatic heterocycles. The van der Waals surface area contributed by atoms with Crippen LogP contribution in [0.5, 0.6) is 5.75 Å². The minimum Gasteiger partial charge on any atom is -0.494 e. The Morgan fingerprint density at radius 1 is 1.03 bits per heavy atom. The number of aliphatic imine (C=N–C) groups is 1. The number of ether oxygens (including phenoxy) is 2. The lowest BCUT2D eigenvalue weighted by atomic mass is 9.91. The fraction of sp³-hybridized carbons (Fsp3) is 0.286. The Morgan fingerprint density at radius 2 is 1.78 bits per heavy atom. The Kier molecular flexibility index (Phi) is 8.65. The van der Waals surface area contributed by atoms with Gasteiger partial charge in [-0.1, -0.05) is 42.5 Å². The van der Waals surface area contributed by atoms with Gasteiger partial charge in [0.05, 0.1) is 6.61 Å². The predicted molar refractivity (Wildman–Crippen MR) is 135 cm³/mol. The number of benzene rings is 3. The fourth-order valence-corrected chi connectivity index (χ4v) is 3.88. The number of halogens is 1. The van der Waals surface area contributed by atoms with Crippen molar-refractivity contribution >= 4 is 11.8 Å². The number of carbonyl (C=O) groups is 1. The van der Waals surface area contributed by atoms with Gasteiger partial charge in [0, 0.05) is 31.6 Å². The molecule has 0 saturated carbocycles. The van der Waals surface area contributed by atoms with Crippen molar-refractivity contribution < 1.29 is 23.8 Å². The van der Waals surface area contributed by atoms with Crippen LogP contribution < -0.4 is 15.6 Å². The zero-order valence-corrected chi connectivity index (χ0v) is 20.0. The van der Waals surface area contributed by atoms with Crippen LogP contribution in [0, 0.1) is 5.82 Å². The average Bonchev–Trinajstić information content (AvgIpc) is 3.34. The van der Waals surface area contributed by atoms with E-state index in [0.717, 1.165) is 16.7 Å². The maximum absolute atomic E-state index is 13.4. The van der Waals surface area contributed by atoms with Gasteiger partial charge in [-0.05, 0) is 53.9 Å². The molecule has 0 unspecified atom stereocenters. The molecule has 0 radical (unpaired) electrons. The van der Waals surface area contributed by atoms with Crippen LogP contribution in [0.4, 0.5) is 4.39 Å². The molecule has 3 N–H and O–H groups in total. The van der Waals surface area contributed by atoms with Gasteiger partial charge >= 0.3 is 0 Å². The highest BCUT2D eigenvalue weighted by molar-refractivity contribution is 6.00. The number of carbonyl (C=O) groups excluding carboxylic acids is 1. The molecule has 8 heteroatoms. The van der Waals surface area contributed by atoms with E-state index in [4.69, 9.17) is 19.6 Å². The van der Waals surface area contributed by atoms with E-state index < -0.39 is 5.54 Å². The molecule has 0 aliphatic carbocycles. The zero-order valence-electron chi connectivity index (χ0n) is 20.0. The number of aliphatic hydroxyl groups excluding tert-OH is 1. The summed E-state index contributed by atoms with van der Waals surface area (Å²) in [5.74, 6) is 0.518. The van der Waals surface area contributed by atoms with Gasteiger partial charge in [-0.25, -0.2) is 14.8 Å². The van der Waals surface area contributed by atoms with Crippen LogP contribution in [0.3, 0.4) is 0 Å². The number of hydrogen-bond acceptors (Lipinski definition) is 6. The van der Waals surface area contributed by atoms with E-state index in [9.17, 15) is 9.18 Å². The Balaban J connectivity index is 1.44. The van der Waals surface area contributed by atoms with Gasteiger partial charge in [0.25, 0.3) is 5.91 Å². The maximum Gasteiger partial charge on any atom is 0.266 e. The topological polar surface area (TPSA) is 92.2 Å². The standard InChI is InChI=1S/C28H30FN3O4/c29-24-11-7-21(8-12-24)15-16-30-32-27(34)28(19-22-5-2-1-3-6-22)20-36-26(31-28)23-9-13-25(14-10-23)35-18-4-17-33/h1-3,5-14,30,33H,4,15-20H2,(H,32,34)/t28-/m0/s1. The molecule has 1 amide bonds. The summed E-state index contributed by atoms with van der Waals surface area (Å²) in [6.07, 6.45) is 1.57. The SMILES string of the molecule is O=C(NNCCc1ccc(F)cc1)[C@]1(Cc2ccccc2)COC(c2ccc(OCCCO)cc2)=N1. The zero-order chi connectivity index (χ0) is 25.2. The fourth-order valence-electron chi connectivity index (χ4n) is 3.88. The number of nitrogens with zero attached hydrogens (tertiary/aromatic N) is 1. The van der Waals surface area contributed by atoms with Crippen molar-refractivity contribution in [2.45, 2.75) is 24.8 Å². The minimum absolute atomic E-state index is 0.0788. The van der Waals surface area contributed by atoms with Gasteiger partial charge in [-0.15, -0.1) is 0 Å². The molecule has 3 aromatic carbocycles. The maximum atomic E-state index is 13.4. The predicted octanol–water partition coefficient (Wildman–Crippen LogP) is 3.21. The number of nitrogens with one attached hydrogen (secondary N) is 2. The van der Waals surface area contributed by atoms with E-state index in [1.807, 2.05) is 54.6 Å². The second kappa shape index (κ2) is 12.3. The van der Waals surface area contributed by atoms with Crippen molar-refractivity contribution in [2.75, 3.05) is 26.4 Å². The molecule has 0 fully saturated rings. The van der Waals surface area contributed by atoms with Gasteiger partial charge in [0.2, 0.25) is 5.90 Å². The average molecular weight is 492 g/mol. The van der Waals surface area contributed by atoms with E-state index >= 15 is 0 Å². The number of rotatable bonds is 12. The summed E-state index contributed by atoms with van der Waals surface area (Å²) < 4.78 is 24.6. The molecule has 1 aliphatic rings. The highest BCUT2D eigenvalue weighted by Crippen LogP contribution is 2.27. The number of hydrogen-bond donors (Lipinski definition) is 3. The Bertz CT molecular complexity index is 1150. The molecule has 188 valence electrons. The van der Waals surface area contributed by atoms with Crippen molar-refractivity contribution in [1.82, 2.24) is 10.9 Å². The summed E-state index contributed by atoms with van der Waals surface area (Å²) in [5.41, 5.74) is 7.31. The van der Waals surface area contributed by atoms with Crippen molar-refractivity contribution in [1.29, 1.82) is 0 Å². The molecule has 1 heterocycles. The van der Waals surface area contributed by atoms with Crippen LogP contribution in [0.25, 0.3) is 0 Å².